The zero-order chi connectivity index (χ0) is 26.2. The van der Waals surface area contributed by atoms with E-state index in [-0.39, 0.29) is 30.1 Å². The van der Waals surface area contributed by atoms with Crippen LogP contribution in [-0.2, 0) is 31.6 Å². The van der Waals surface area contributed by atoms with E-state index in [1.165, 1.54) is 0 Å². The van der Waals surface area contributed by atoms with Gasteiger partial charge >= 0.3 is 23.2 Å². The van der Waals surface area contributed by atoms with Crippen LogP contribution < -0.4 is 17.0 Å². The number of nitrogens with zero attached hydrogens (tertiary/aromatic N) is 3. The van der Waals surface area contributed by atoms with Gasteiger partial charge in [0.25, 0.3) is 5.56 Å². The fraction of sp³-hybridized carbons (Fsp3) is 0.615. The van der Waals surface area contributed by atoms with Gasteiger partial charge in [-0.15, -0.1) is 0 Å². The van der Waals surface area contributed by atoms with Crippen molar-refractivity contribution in [1.82, 2.24) is 19.5 Å². The van der Waals surface area contributed by atoms with Crippen LogP contribution in [0.4, 0.5) is 5.95 Å². The minimum Gasteiger partial charge on any atom is -0.387 e. The molecule has 0 aromatic carbocycles. The van der Waals surface area contributed by atoms with Gasteiger partial charge in [-0.1, -0.05) is 0 Å². The molecule has 0 aliphatic carbocycles. The Hall–Kier alpha value is -1.56. The van der Waals surface area contributed by atoms with Crippen molar-refractivity contribution in [2.24, 2.45) is 5.73 Å². The number of hydrogen-bond donors (Lipinski definition) is 8. The van der Waals surface area contributed by atoms with E-state index >= 15 is 0 Å². The van der Waals surface area contributed by atoms with Gasteiger partial charge in [0.15, 0.2) is 17.4 Å². The summed E-state index contributed by atoms with van der Waals surface area (Å²) in [4.78, 5) is 50.6. The molecule has 3 heterocycles. The number of aromatic amines is 1. The van der Waals surface area contributed by atoms with Crippen LogP contribution in [0, 0.1) is 0 Å². The van der Waals surface area contributed by atoms with Crippen LogP contribution in [0.2, 0.25) is 0 Å². The lowest BCUT2D eigenvalue weighted by Crippen LogP contribution is -2.33. The van der Waals surface area contributed by atoms with E-state index in [2.05, 4.69) is 28.1 Å². The molecule has 19 nitrogen and oxygen atoms in total. The molecule has 2 aromatic heterocycles. The molecule has 1 aliphatic rings. The molecule has 1 fully saturated rings. The third-order valence-corrected chi connectivity index (χ3v) is 9.40. The Balaban J connectivity index is 1.67. The molecule has 10 N–H and O–H groups in total. The van der Waals surface area contributed by atoms with E-state index in [1.54, 1.807) is 0 Å². The molecule has 1 aliphatic heterocycles. The van der Waals surface area contributed by atoms with Gasteiger partial charge in [-0.25, -0.2) is 18.4 Å². The summed E-state index contributed by atoms with van der Waals surface area (Å²) in [5, 5.41) is 20.6. The molecule has 1 saturated heterocycles. The third-order valence-electron chi connectivity index (χ3n) is 4.55. The SMILES string of the molecule is NCCCP(=O)(O)OP(=O)(O)OP(=O)(O)OCC1OC(n2cnc3c(=O)[nH]c(N)nc32)C(O)C1O. The van der Waals surface area contributed by atoms with Gasteiger partial charge in [0.2, 0.25) is 5.95 Å². The lowest BCUT2D eigenvalue weighted by molar-refractivity contribution is -0.0503. The van der Waals surface area contributed by atoms with Gasteiger partial charge in [-0.2, -0.15) is 9.29 Å². The number of fused-ring (bicyclic) bond motifs is 1. The van der Waals surface area contributed by atoms with Gasteiger partial charge in [-0.05, 0) is 13.0 Å². The first-order valence-electron chi connectivity index (χ1n) is 9.63. The first-order chi connectivity index (χ1) is 16.1. The maximum absolute atomic E-state index is 12.1. The first-order valence-corrected chi connectivity index (χ1v) is 14.4. The largest absolute Gasteiger partial charge is 0.488 e. The molecule has 0 spiro atoms. The second-order valence-electron chi connectivity index (χ2n) is 7.22. The number of phosphoric acid groups is 2. The number of nitrogens with one attached hydrogen (secondary N) is 1. The smallest absolute Gasteiger partial charge is 0.387 e. The van der Waals surface area contributed by atoms with Crippen LogP contribution in [0.15, 0.2) is 11.1 Å². The molecule has 0 amide bonds. The number of H-pyrrole nitrogens is 1. The normalized spacial score (nSPS) is 27.9. The summed E-state index contributed by atoms with van der Waals surface area (Å²) in [6, 6.07) is 0. The van der Waals surface area contributed by atoms with Gasteiger partial charge in [-0.3, -0.25) is 23.4 Å². The topological polar surface area (TPSA) is 305 Å². The van der Waals surface area contributed by atoms with Crippen LogP contribution in [0.1, 0.15) is 12.6 Å². The van der Waals surface area contributed by atoms with Gasteiger partial charge in [0.1, 0.15) is 18.3 Å². The summed E-state index contributed by atoms with van der Waals surface area (Å²) in [5.41, 5.74) is 9.75. The predicted octanol–water partition coefficient (Wildman–Crippen LogP) is -1.89. The summed E-state index contributed by atoms with van der Waals surface area (Å²) in [7, 11) is -15.7. The lowest BCUT2D eigenvalue weighted by atomic mass is 10.1. The Morgan fingerprint density at radius 2 is 1.83 bits per heavy atom. The van der Waals surface area contributed by atoms with Crippen molar-refractivity contribution in [1.29, 1.82) is 0 Å². The molecule has 0 radical (unpaired) electrons. The summed E-state index contributed by atoms with van der Waals surface area (Å²) >= 11 is 0. The molecule has 3 rings (SSSR count). The fourth-order valence-corrected chi connectivity index (χ4v) is 7.21. The van der Waals surface area contributed by atoms with E-state index < -0.39 is 66.1 Å². The van der Waals surface area contributed by atoms with Crippen molar-refractivity contribution in [3.05, 3.63) is 16.7 Å². The molecule has 35 heavy (non-hydrogen) atoms. The molecule has 22 heteroatoms. The Labute approximate surface area is 195 Å². The van der Waals surface area contributed by atoms with Gasteiger partial charge in [0, 0.05) is 0 Å². The molecule has 0 bridgehead atoms. The second-order valence-corrected chi connectivity index (χ2v) is 12.4. The van der Waals surface area contributed by atoms with Crippen LogP contribution in [-0.4, -0.2) is 82.0 Å². The number of nitrogens with two attached hydrogens (primary N) is 2. The van der Waals surface area contributed by atoms with Crippen LogP contribution in [0.25, 0.3) is 11.2 Å². The summed E-state index contributed by atoms with van der Waals surface area (Å²) < 4.78 is 54.7. The molecule has 198 valence electrons. The monoisotopic (exact) mass is 564 g/mol. The standard InChI is InChI=1S/C13H23N6O13P3/c14-2-1-3-33(23,24)31-35(27,28)32-34(25,26)29-4-6-8(20)9(21)12(30-6)19-5-16-7-10(19)17-13(15)18-11(7)22/h5-6,8-9,12,20-21H,1-4,14H2,(H,23,24)(H,25,26)(H,27,28)(H3,15,17,18,22). The van der Waals surface area contributed by atoms with E-state index in [0.717, 1.165) is 10.9 Å². The number of hydrogen-bond acceptors (Lipinski definition) is 14. The van der Waals surface area contributed by atoms with E-state index in [9.17, 15) is 43.4 Å². The van der Waals surface area contributed by atoms with Crippen molar-refractivity contribution in [3.8, 4) is 0 Å². The molecular weight excluding hydrogens is 541 g/mol. The average Bonchev–Trinajstić information content (AvgIpc) is 3.25. The highest BCUT2D eigenvalue weighted by Crippen LogP contribution is 2.67. The van der Waals surface area contributed by atoms with E-state index in [0.29, 0.717) is 0 Å². The zero-order valence-corrected chi connectivity index (χ0v) is 20.2. The Morgan fingerprint density at radius 3 is 2.49 bits per heavy atom. The van der Waals surface area contributed by atoms with Crippen molar-refractivity contribution in [2.75, 3.05) is 25.0 Å². The number of aliphatic hydroxyl groups excluding tert-OH is 2. The van der Waals surface area contributed by atoms with Crippen molar-refractivity contribution >= 4 is 40.4 Å². The number of aliphatic hydroxyl groups is 2. The maximum Gasteiger partial charge on any atom is 0.488 e. The minimum absolute atomic E-state index is 0.0303. The second kappa shape index (κ2) is 10.4. The maximum atomic E-state index is 12.1. The van der Waals surface area contributed by atoms with Crippen LogP contribution in [0.5, 0.6) is 0 Å². The molecule has 7 unspecified atom stereocenters. The third kappa shape index (κ3) is 6.81. The highest BCUT2D eigenvalue weighted by atomic mass is 31.3. The highest BCUT2D eigenvalue weighted by molar-refractivity contribution is 7.68. The summed E-state index contributed by atoms with van der Waals surface area (Å²) in [6.07, 6.45) is -5.88. The first kappa shape index (κ1) is 28.0. The van der Waals surface area contributed by atoms with Crippen molar-refractivity contribution in [2.45, 2.75) is 31.0 Å². The summed E-state index contributed by atoms with van der Waals surface area (Å²) in [5.74, 6) is -0.262. The quantitative estimate of drug-likeness (QED) is 0.138. The number of imidazole rings is 1. The van der Waals surface area contributed by atoms with Gasteiger partial charge < -0.3 is 41.1 Å². The predicted molar refractivity (Wildman–Crippen MR) is 115 cm³/mol. The van der Waals surface area contributed by atoms with Gasteiger partial charge in [0.05, 0.1) is 19.1 Å². The number of nitrogen functional groups attached to an aromatic ring is 1. The average molecular weight is 564 g/mol. The lowest BCUT2D eigenvalue weighted by Gasteiger charge is -2.20. The number of ether oxygens (including phenoxy) is 1. The summed E-state index contributed by atoms with van der Waals surface area (Å²) in [6.45, 7) is -0.993. The highest BCUT2D eigenvalue weighted by Gasteiger charge is 2.47. The zero-order valence-electron chi connectivity index (χ0n) is 17.6. The molecule has 0 saturated carbocycles. The van der Waals surface area contributed by atoms with Crippen LogP contribution in [0.3, 0.4) is 0 Å². The minimum atomic E-state index is -5.56. The molecule has 7 atom stereocenters. The number of aromatic nitrogens is 4. The van der Waals surface area contributed by atoms with E-state index in [4.69, 9.17) is 16.2 Å². The fourth-order valence-electron chi connectivity index (χ4n) is 3.06. The van der Waals surface area contributed by atoms with Crippen molar-refractivity contribution < 1.29 is 56.5 Å². The Kier molecular flexibility index (Phi) is 8.35. The Morgan fingerprint density at radius 1 is 1.14 bits per heavy atom. The van der Waals surface area contributed by atoms with Crippen LogP contribution >= 0.6 is 23.2 Å². The number of anilines is 1. The molecule has 2 aromatic rings. The number of rotatable bonds is 11. The van der Waals surface area contributed by atoms with E-state index in [1.807, 2.05) is 0 Å². The molecular formula is C13H23N6O13P3. The Bertz CT molecular complexity index is 1270. The van der Waals surface area contributed by atoms with Crippen molar-refractivity contribution in [3.63, 3.8) is 0 Å². The number of phosphoric ester groups is 1.